The van der Waals surface area contributed by atoms with Crippen molar-refractivity contribution in [1.29, 1.82) is 0 Å². The lowest BCUT2D eigenvalue weighted by atomic mass is 10.2. The Morgan fingerprint density at radius 1 is 1.00 bits per heavy atom. The Balaban J connectivity index is 2.04. The molecule has 0 saturated heterocycles. The van der Waals surface area contributed by atoms with Crippen LogP contribution in [-0.4, -0.2) is 9.97 Å². The lowest BCUT2D eigenvalue weighted by Crippen LogP contribution is -2.04. The van der Waals surface area contributed by atoms with Crippen LogP contribution in [0.1, 0.15) is 0 Å². The number of nitrogens with one attached hydrogen (secondary N) is 1. The molecule has 0 aliphatic rings. The Hall–Kier alpha value is -2.82. The third-order valence-electron chi connectivity index (χ3n) is 2.64. The molecule has 0 fully saturated rings. The quantitative estimate of drug-likeness (QED) is 0.708. The van der Waals surface area contributed by atoms with Crippen LogP contribution in [0.15, 0.2) is 69.8 Å². The highest BCUT2D eigenvalue weighted by atomic mass is 16.1. The van der Waals surface area contributed by atoms with Crippen LogP contribution in [0.5, 0.6) is 0 Å². The van der Waals surface area contributed by atoms with Gasteiger partial charge in [-0.25, -0.2) is 4.98 Å². The molecule has 0 unspecified atom stereocenters. The molecular formula is C14H10N4O. The lowest BCUT2D eigenvalue weighted by Gasteiger charge is -1.97. The van der Waals surface area contributed by atoms with E-state index in [0.717, 1.165) is 10.9 Å². The summed E-state index contributed by atoms with van der Waals surface area (Å²) in [5, 5.41) is 8.80. The fourth-order valence-electron chi connectivity index (χ4n) is 1.73. The molecule has 2 aromatic heterocycles. The molecule has 0 amide bonds. The van der Waals surface area contributed by atoms with E-state index in [9.17, 15) is 4.79 Å². The lowest BCUT2D eigenvalue weighted by molar-refractivity contribution is 1.13. The normalized spacial score (nSPS) is 11.2. The highest BCUT2D eigenvalue weighted by molar-refractivity contribution is 5.80. The number of para-hydroxylation sites is 1. The first-order valence-electron chi connectivity index (χ1n) is 5.78. The van der Waals surface area contributed by atoms with E-state index in [4.69, 9.17) is 0 Å². The Labute approximate surface area is 108 Å². The van der Waals surface area contributed by atoms with Gasteiger partial charge in [-0.3, -0.25) is 4.79 Å². The third-order valence-corrected chi connectivity index (χ3v) is 2.64. The first-order chi connectivity index (χ1) is 9.33. The van der Waals surface area contributed by atoms with Gasteiger partial charge < -0.3 is 4.98 Å². The van der Waals surface area contributed by atoms with Gasteiger partial charge in [-0.05, 0) is 24.3 Å². The van der Waals surface area contributed by atoms with E-state index in [1.165, 1.54) is 0 Å². The zero-order valence-electron chi connectivity index (χ0n) is 9.95. The van der Waals surface area contributed by atoms with Crippen molar-refractivity contribution in [3.8, 4) is 0 Å². The maximum atomic E-state index is 11.8. The Morgan fingerprint density at radius 2 is 1.84 bits per heavy atom. The summed E-state index contributed by atoms with van der Waals surface area (Å²) in [4.78, 5) is 18.6. The summed E-state index contributed by atoms with van der Waals surface area (Å²) in [6, 6.07) is 14.6. The molecule has 1 N–H and O–H groups in total. The van der Waals surface area contributed by atoms with Crippen molar-refractivity contribution in [1.82, 2.24) is 9.97 Å². The summed E-state index contributed by atoms with van der Waals surface area (Å²) in [6.45, 7) is 0. The van der Waals surface area contributed by atoms with Crippen LogP contribution in [0.2, 0.25) is 0 Å². The van der Waals surface area contributed by atoms with Crippen LogP contribution in [-0.2, 0) is 0 Å². The number of rotatable bonds is 2. The van der Waals surface area contributed by atoms with Crippen LogP contribution in [0.3, 0.4) is 0 Å². The molecule has 0 aliphatic heterocycles. The predicted molar refractivity (Wildman–Crippen MR) is 73.0 cm³/mol. The molecule has 0 aliphatic carbocycles. The standard InChI is InChI=1S/C14H10N4O/c19-14-12(17-18-13-7-3-4-8-15-13)9-10-5-1-2-6-11(10)16-14/h1-9H,(H,16,19). The molecule has 3 rings (SSSR count). The molecule has 19 heavy (non-hydrogen) atoms. The number of H-pyrrole nitrogens is 1. The minimum Gasteiger partial charge on any atom is -0.320 e. The van der Waals surface area contributed by atoms with E-state index in [2.05, 4.69) is 20.2 Å². The summed E-state index contributed by atoms with van der Waals surface area (Å²) in [7, 11) is 0. The number of nitrogens with zero attached hydrogens (tertiary/aromatic N) is 3. The number of aromatic nitrogens is 2. The minimum atomic E-state index is -0.265. The molecule has 5 heteroatoms. The van der Waals surface area contributed by atoms with Gasteiger partial charge >= 0.3 is 0 Å². The van der Waals surface area contributed by atoms with Gasteiger partial charge in [0.1, 0.15) is 0 Å². The van der Waals surface area contributed by atoms with Crippen molar-refractivity contribution in [2.45, 2.75) is 0 Å². The van der Waals surface area contributed by atoms with E-state index in [1.807, 2.05) is 30.3 Å². The van der Waals surface area contributed by atoms with E-state index >= 15 is 0 Å². The van der Waals surface area contributed by atoms with Gasteiger partial charge in [0, 0.05) is 17.1 Å². The largest absolute Gasteiger partial charge is 0.320 e. The zero-order chi connectivity index (χ0) is 13.1. The van der Waals surface area contributed by atoms with Crippen molar-refractivity contribution in [2.75, 3.05) is 0 Å². The van der Waals surface area contributed by atoms with Crippen molar-refractivity contribution in [3.63, 3.8) is 0 Å². The van der Waals surface area contributed by atoms with E-state index in [-0.39, 0.29) is 11.2 Å². The molecule has 92 valence electrons. The van der Waals surface area contributed by atoms with Crippen LogP contribution in [0.4, 0.5) is 11.5 Å². The summed E-state index contributed by atoms with van der Waals surface area (Å²) < 4.78 is 0. The van der Waals surface area contributed by atoms with Gasteiger partial charge in [-0.15, -0.1) is 10.2 Å². The molecule has 0 saturated carbocycles. The number of benzene rings is 1. The number of hydrogen-bond donors (Lipinski definition) is 1. The maximum Gasteiger partial charge on any atom is 0.276 e. The molecule has 0 bridgehead atoms. The van der Waals surface area contributed by atoms with Gasteiger partial charge in [0.05, 0.1) is 0 Å². The van der Waals surface area contributed by atoms with Gasteiger partial charge in [0.15, 0.2) is 11.5 Å². The molecule has 5 nitrogen and oxygen atoms in total. The van der Waals surface area contributed by atoms with Gasteiger partial charge in [-0.1, -0.05) is 24.3 Å². The summed E-state index contributed by atoms with van der Waals surface area (Å²) in [5.41, 5.74) is 0.784. The molecule has 0 atom stereocenters. The van der Waals surface area contributed by atoms with Crippen LogP contribution in [0.25, 0.3) is 10.9 Å². The molecule has 1 aromatic carbocycles. The molecule has 0 spiro atoms. The number of aromatic amines is 1. The second kappa shape index (κ2) is 4.81. The fraction of sp³-hybridized carbons (Fsp3) is 0. The Bertz CT molecular complexity index is 793. The number of pyridine rings is 2. The van der Waals surface area contributed by atoms with E-state index in [0.29, 0.717) is 5.82 Å². The second-order valence-electron chi connectivity index (χ2n) is 3.96. The molecule has 2 heterocycles. The smallest absolute Gasteiger partial charge is 0.276 e. The van der Waals surface area contributed by atoms with Gasteiger partial charge in [-0.2, -0.15) is 0 Å². The average Bonchev–Trinajstić information content (AvgIpc) is 2.46. The number of azo groups is 1. The zero-order valence-corrected chi connectivity index (χ0v) is 9.95. The third kappa shape index (κ3) is 2.40. The number of hydrogen-bond acceptors (Lipinski definition) is 4. The van der Waals surface area contributed by atoms with Crippen molar-refractivity contribution < 1.29 is 0 Å². The molecule has 0 radical (unpaired) electrons. The highest BCUT2D eigenvalue weighted by Crippen LogP contribution is 2.16. The fourth-order valence-corrected chi connectivity index (χ4v) is 1.73. The Morgan fingerprint density at radius 3 is 2.68 bits per heavy atom. The van der Waals surface area contributed by atoms with E-state index < -0.39 is 0 Å². The topological polar surface area (TPSA) is 70.5 Å². The maximum absolute atomic E-state index is 11.8. The van der Waals surface area contributed by atoms with Crippen molar-refractivity contribution >= 4 is 22.4 Å². The van der Waals surface area contributed by atoms with Gasteiger partial charge in [0.2, 0.25) is 0 Å². The predicted octanol–water partition coefficient (Wildman–Crippen LogP) is 3.34. The SMILES string of the molecule is O=c1[nH]c2ccccc2cc1N=Nc1ccccn1. The molecule has 3 aromatic rings. The van der Waals surface area contributed by atoms with E-state index in [1.54, 1.807) is 24.4 Å². The summed E-state index contributed by atoms with van der Waals surface area (Å²) in [5.74, 6) is 0.468. The minimum absolute atomic E-state index is 0.265. The highest BCUT2D eigenvalue weighted by Gasteiger charge is 2.01. The summed E-state index contributed by atoms with van der Waals surface area (Å²) >= 11 is 0. The van der Waals surface area contributed by atoms with Crippen LogP contribution in [0, 0.1) is 0 Å². The van der Waals surface area contributed by atoms with Crippen LogP contribution >= 0.6 is 0 Å². The van der Waals surface area contributed by atoms with Crippen molar-refractivity contribution in [2.24, 2.45) is 10.2 Å². The number of fused-ring (bicyclic) bond motifs is 1. The first-order valence-corrected chi connectivity index (χ1v) is 5.78. The van der Waals surface area contributed by atoms with Gasteiger partial charge in [0.25, 0.3) is 5.56 Å². The monoisotopic (exact) mass is 250 g/mol. The average molecular weight is 250 g/mol. The van der Waals surface area contributed by atoms with Crippen molar-refractivity contribution in [3.05, 3.63) is 65.1 Å². The second-order valence-corrected chi connectivity index (χ2v) is 3.96. The first kappa shape index (κ1) is 11.3. The Kier molecular flexibility index (Phi) is 2.86. The molecular weight excluding hydrogens is 240 g/mol. The summed E-state index contributed by atoms with van der Waals surface area (Å²) in [6.07, 6.45) is 1.62. The van der Waals surface area contributed by atoms with Crippen LogP contribution < -0.4 is 5.56 Å².